The summed E-state index contributed by atoms with van der Waals surface area (Å²) >= 11 is 0. The third-order valence-electron chi connectivity index (χ3n) is 3.41. The van der Waals surface area contributed by atoms with Crippen LogP contribution in [-0.4, -0.2) is 23.0 Å². The van der Waals surface area contributed by atoms with Gasteiger partial charge in [0.05, 0.1) is 17.2 Å². The van der Waals surface area contributed by atoms with Gasteiger partial charge in [0.25, 0.3) is 5.91 Å². The van der Waals surface area contributed by atoms with Crippen molar-refractivity contribution in [3.8, 4) is 0 Å². The van der Waals surface area contributed by atoms with Crippen LogP contribution >= 0.6 is 0 Å². The van der Waals surface area contributed by atoms with E-state index in [4.69, 9.17) is 10.8 Å². The fourth-order valence-corrected chi connectivity index (χ4v) is 2.34. The number of hydrogen-bond acceptors (Lipinski definition) is 3. The van der Waals surface area contributed by atoms with Crippen LogP contribution < -0.4 is 11.1 Å². The highest BCUT2D eigenvalue weighted by Gasteiger charge is 2.31. The molecule has 6 heteroatoms. The molecular formula is C13H15FN2O3. The van der Waals surface area contributed by atoms with E-state index in [-0.39, 0.29) is 17.3 Å². The lowest BCUT2D eigenvalue weighted by Crippen LogP contribution is -2.33. The number of nitrogens with two attached hydrogens (primary N) is 1. The Kier molecular flexibility index (Phi) is 3.69. The Labute approximate surface area is 109 Å². The summed E-state index contributed by atoms with van der Waals surface area (Å²) in [5, 5.41) is 11.6. The summed E-state index contributed by atoms with van der Waals surface area (Å²) in [6.07, 6.45) is 1.55. The Bertz CT molecular complexity index is 519. The minimum atomic E-state index is -0.845. The molecular weight excluding hydrogens is 251 g/mol. The monoisotopic (exact) mass is 266 g/mol. The number of hydrogen-bond donors (Lipinski definition) is 3. The van der Waals surface area contributed by atoms with E-state index in [1.165, 1.54) is 18.2 Å². The van der Waals surface area contributed by atoms with Crippen LogP contribution in [0.25, 0.3) is 0 Å². The zero-order valence-electron chi connectivity index (χ0n) is 10.2. The van der Waals surface area contributed by atoms with Gasteiger partial charge in [-0.3, -0.25) is 9.59 Å². The molecule has 0 saturated heterocycles. The van der Waals surface area contributed by atoms with E-state index >= 15 is 0 Å². The number of nitrogen functional groups attached to an aromatic ring is 1. The van der Waals surface area contributed by atoms with Crippen molar-refractivity contribution in [2.24, 2.45) is 5.92 Å². The highest BCUT2D eigenvalue weighted by molar-refractivity contribution is 5.99. The summed E-state index contributed by atoms with van der Waals surface area (Å²) in [5.74, 6) is -2.37. The second-order valence-electron chi connectivity index (χ2n) is 4.72. The smallest absolute Gasteiger partial charge is 0.306 e. The number of aliphatic carboxylic acids is 1. The van der Waals surface area contributed by atoms with Gasteiger partial charge in [0, 0.05) is 6.04 Å². The summed E-state index contributed by atoms with van der Waals surface area (Å²) < 4.78 is 13.2. The van der Waals surface area contributed by atoms with Crippen molar-refractivity contribution in [3.63, 3.8) is 0 Å². The molecule has 0 spiro atoms. The van der Waals surface area contributed by atoms with E-state index in [1.54, 1.807) is 0 Å². The second kappa shape index (κ2) is 5.26. The van der Waals surface area contributed by atoms with Crippen molar-refractivity contribution in [2.75, 3.05) is 5.73 Å². The molecule has 2 atom stereocenters. The van der Waals surface area contributed by atoms with Gasteiger partial charge in [-0.25, -0.2) is 4.39 Å². The van der Waals surface area contributed by atoms with Gasteiger partial charge in [-0.1, -0.05) is 6.07 Å². The zero-order valence-corrected chi connectivity index (χ0v) is 10.2. The number of carboxylic acid groups (broad SMARTS) is 1. The summed E-state index contributed by atoms with van der Waals surface area (Å²) in [7, 11) is 0. The number of carboxylic acids is 1. The molecule has 1 aliphatic carbocycles. The fraction of sp³-hybridized carbons (Fsp3) is 0.385. The number of amides is 1. The van der Waals surface area contributed by atoms with Gasteiger partial charge < -0.3 is 16.2 Å². The second-order valence-corrected chi connectivity index (χ2v) is 4.72. The molecule has 1 aromatic rings. The van der Waals surface area contributed by atoms with Crippen LogP contribution in [0.5, 0.6) is 0 Å². The third kappa shape index (κ3) is 2.83. The Balaban J connectivity index is 2.02. The molecule has 1 amide bonds. The standard InChI is InChI=1S/C13H15FN2O3/c14-10-3-1-2-9(11(10)15)12(17)16-8-5-4-7(6-8)13(18)19/h1-3,7-8H,4-6,15H2,(H,16,17)(H,18,19). The van der Waals surface area contributed by atoms with E-state index in [0.29, 0.717) is 19.3 Å². The molecule has 4 N–H and O–H groups in total. The van der Waals surface area contributed by atoms with Crippen LogP contribution in [0, 0.1) is 11.7 Å². The number of halogens is 1. The lowest BCUT2D eigenvalue weighted by atomic mass is 10.1. The molecule has 2 rings (SSSR count). The maximum atomic E-state index is 13.2. The Hall–Kier alpha value is -2.11. The van der Waals surface area contributed by atoms with E-state index in [0.717, 1.165) is 0 Å². The first-order valence-corrected chi connectivity index (χ1v) is 6.06. The van der Waals surface area contributed by atoms with Crippen LogP contribution in [0.3, 0.4) is 0 Å². The first-order chi connectivity index (χ1) is 8.99. The third-order valence-corrected chi connectivity index (χ3v) is 3.41. The van der Waals surface area contributed by atoms with E-state index in [2.05, 4.69) is 5.32 Å². The molecule has 0 radical (unpaired) electrons. The van der Waals surface area contributed by atoms with Crippen molar-refractivity contribution >= 4 is 17.6 Å². The summed E-state index contributed by atoms with van der Waals surface area (Å²) in [4.78, 5) is 22.8. The number of para-hydroxylation sites is 1. The van der Waals surface area contributed by atoms with Gasteiger partial charge in [-0.15, -0.1) is 0 Å². The molecule has 1 aliphatic rings. The van der Waals surface area contributed by atoms with Gasteiger partial charge in [-0.2, -0.15) is 0 Å². The molecule has 1 aromatic carbocycles. The maximum Gasteiger partial charge on any atom is 0.306 e. The zero-order chi connectivity index (χ0) is 14.0. The average Bonchev–Trinajstić information content (AvgIpc) is 2.81. The summed E-state index contributed by atoms with van der Waals surface area (Å²) in [6, 6.07) is 3.84. The summed E-state index contributed by atoms with van der Waals surface area (Å²) in [6.45, 7) is 0. The lowest BCUT2D eigenvalue weighted by molar-refractivity contribution is -0.141. The largest absolute Gasteiger partial charge is 0.481 e. The molecule has 0 aliphatic heterocycles. The van der Waals surface area contributed by atoms with Crippen LogP contribution in [0.1, 0.15) is 29.6 Å². The van der Waals surface area contributed by atoms with Gasteiger partial charge >= 0.3 is 5.97 Å². The fourth-order valence-electron chi connectivity index (χ4n) is 2.34. The van der Waals surface area contributed by atoms with E-state index in [9.17, 15) is 14.0 Å². The number of benzene rings is 1. The van der Waals surface area contributed by atoms with Crippen LogP contribution in [0.2, 0.25) is 0 Å². The van der Waals surface area contributed by atoms with Gasteiger partial charge in [0.2, 0.25) is 0 Å². The van der Waals surface area contributed by atoms with E-state index < -0.39 is 23.6 Å². The molecule has 1 fully saturated rings. The normalized spacial score (nSPS) is 22.2. The van der Waals surface area contributed by atoms with Crippen molar-refractivity contribution in [1.82, 2.24) is 5.32 Å². The molecule has 1 saturated carbocycles. The Morgan fingerprint density at radius 1 is 1.37 bits per heavy atom. The van der Waals surface area contributed by atoms with Crippen molar-refractivity contribution < 1.29 is 19.1 Å². The number of carbonyl (C=O) groups is 2. The first-order valence-electron chi connectivity index (χ1n) is 6.06. The predicted molar refractivity (Wildman–Crippen MR) is 67.0 cm³/mol. The quantitative estimate of drug-likeness (QED) is 0.721. The number of nitrogens with one attached hydrogen (secondary N) is 1. The SMILES string of the molecule is Nc1c(F)cccc1C(=O)NC1CCC(C(=O)O)C1. The highest BCUT2D eigenvalue weighted by atomic mass is 19.1. The lowest BCUT2D eigenvalue weighted by Gasteiger charge is -2.13. The Morgan fingerprint density at radius 3 is 2.74 bits per heavy atom. The Morgan fingerprint density at radius 2 is 2.11 bits per heavy atom. The minimum absolute atomic E-state index is 0.0822. The average molecular weight is 266 g/mol. The molecule has 19 heavy (non-hydrogen) atoms. The van der Waals surface area contributed by atoms with Crippen molar-refractivity contribution in [3.05, 3.63) is 29.6 Å². The van der Waals surface area contributed by atoms with Crippen molar-refractivity contribution in [1.29, 1.82) is 0 Å². The number of carbonyl (C=O) groups excluding carboxylic acids is 1. The first kappa shape index (κ1) is 13.3. The maximum absolute atomic E-state index is 13.2. The molecule has 0 aromatic heterocycles. The molecule has 102 valence electrons. The highest BCUT2D eigenvalue weighted by Crippen LogP contribution is 2.26. The topological polar surface area (TPSA) is 92.4 Å². The molecule has 0 bridgehead atoms. The number of rotatable bonds is 3. The molecule has 5 nitrogen and oxygen atoms in total. The van der Waals surface area contributed by atoms with Gasteiger partial charge in [0.15, 0.2) is 0 Å². The van der Waals surface area contributed by atoms with Crippen LogP contribution in [-0.2, 0) is 4.79 Å². The van der Waals surface area contributed by atoms with Crippen LogP contribution in [0.15, 0.2) is 18.2 Å². The summed E-state index contributed by atoms with van der Waals surface area (Å²) in [5.41, 5.74) is 5.40. The van der Waals surface area contributed by atoms with Gasteiger partial charge in [0.1, 0.15) is 5.82 Å². The number of anilines is 1. The molecule has 0 heterocycles. The molecule has 2 unspecified atom stereocenters. The minimum Gasteiger partial charge on any atom is -0.481 e. The predicted octanol–water partition coefficient (Wildman–Crippen LogP) is 1.39. The van der Waals surface area contributed by atoms with E-state index in [1.807, 2.05) is 0 Å². The van der Waals surface area contributed by atoms with Gasteiger partial charge in [-0.05, 0) is 31.4 Å². The van der Waals surface area contributed by atoms with Crippen LogP contribution in [0.4, 0.5) is 10.1 Å². The van der Waals surface area contributed by atoms with Crippen molar-refractivity contribution in [2.45, 2.75) is 25.3 Å².